The maximum Gasteiger partial charge on any atom is 0.0107 e. The predicted octanol–water partition coefficient (Wildman–Crippen LogP) is 3.44. The Kier molecular flexibility index (Phi) is 2.54. The van der Waals surface area contributed by atoms with Crippen molar-refractivity contribution >= 4 is 0 Å². The van der Waals surface area contributed by atoms with Crippen molar-refractivity contribution in [3.05, 3.63) is 0 Å². The molecule has 1 heteroatoms. The molecule has 1 saturated carbocycles. The van der Waals surface area contributed by atoms with Gasteiger partial charge in [0.2, 0.25) is 0 Å². The summed E-state index contributed by atoms with van der Waals surface area (Å²) >= 11 is 0. The maximum atomic E-state index is 2.93. The molecule has 1 nitrogen and oxygen atoms in total. The Morgan fingerprint density at radius 2 is 1.47 bits per heavy atom. The topological polar surface area (TPSA) is 3.24 Å². The maximum absolute atomic E-state index is 2.93. The largest absolute Gasteiger partial charge is 0.294 e. The van der Waals surface area contributed by atoms with Crippen LogP contribution in [0.3, 0.4) is 0 Å². The molecular formula is C14H25N. The molecule has 2 bridgehead atoms. The smallest absolute Gasteiger partial charge is 0.0107 e. The quantitative estimate of drug-likeness (QED) is 0.670. The third kappa shape index (κ3) is 1.63. The van der Waals surface area contributed by atoms with Crippen LogP contribution in [0.5, 0.6) is 0 Å². The van der Waals surface area contributed by atoms with Gasteiger partial charge in [0.25, 0.3) is 0 Å². The minimum Gasteiger partial charge on any atom is -0.294 e. The average Bonchev–Trinajstić information content (AvgIpc) is 2.39. The lowest BCUT2D eigenvalue weighted by molar-refractivity contribution is 0.000864. The van der Waals surface area contributed by atoms with E-state index in [4.69, 9.17) is 0 Å². The van der Waals surface area contributed by atoms with Crippen molar-refractivity contribution < 1.29 is 0 Å². The molecule has 0 aromatic rings. The normalized spacial score (nSPS) is 45.8. The standard InChI is InChI=1S/C14H25N/c1-10(2)11-8-14(9-11)15-12-4-3-5-13(15)7-6-12/h10-14H,3-9H2,1-2H3. The first kappa shape index (κ1) is 10.1. The van der Waals surface area contributed by atoms with Gasteiger partial charge in [0.1, 0.15) is 0 Å². The molecule has 2 unspecified atom stereocenters. The molecule has 2 atom stereocenters. The van der Waals surface area contributed by atoms with Crippen molar-refractivity contribution in [1.29, 1.82) is 0 Å². The summed E-state index contributed by atoms with van der Waals surface area (Å²) in [7, 11) is 0. The Morgan fingerprint density at radius 3 is 2.00 bits per heavy atom. The highest BCUT2D eigenvalue weighted by molar-refractivity contribution is 5.00. The summed E-state index contributed by atoms with van der Waals surface area (Å²) in [6.45, 7) is 4.79. The van der Waals surface area contributed by atoms with Crippen LogP contribution >= 0.6 is 0 Å². The van der Waals surface area contributed by atoms with Gasteiger partial charge in [0.15, 0.2) is 0 Å². The van der Waals surface area contributed by atoms with Crippen LogP contribution in [0.25, 0.3) is 0 Å². The molecule has 3 fully saturated rings. The Morgan fingerprint density at radius 1 is 0.867 bits per heavy atom. The molecule has 0 aromatic heterocycles. The molecule has 1 aliphatic carbocycles. The highest BCUT2D eigenvalue weighted by Crippen LogP contribution is 2.45. The molecule has 2 saturated heterocycles. The van der Waals surface area contributed by atoms with E-state index in [0.717, 1.165) is 30.0 Å². The number of hydrogen-bond donors (Lipinski definition) is 0. The van der Waals surface area contributed by atoms with Crippen molar-refractivity contribution in [3.63, 3.8) is 0 Å². The van der Waals surface area contributed by atoms with Crippen molar-refractivity contribution in [2.24, 2.45) is 11.8 Å². The van der Waals surface area contributed by atoms with E-state index < -0.39 is 0 Å². The minimum atomic E-state index is 0.920. The molecule has 2 aliphatic heterocycles. The molecule has 15 heavy (non-hydrogen) atoms. The second kappa shape index (κ2) is 3.76. The summed E-state index contributed by atoms with van der Waals surface area (Å²) in [5.74, 6) is 1.96. The van der Waals surface area contributed by atoms with Crippen molar-refractivity contribution in [2.45, 2.75) is 76.9 Å². The van der Waals surface area contributed by atoms with Gasteiger partial charge in [-0.05, 0) is 50.4 Å². The van der Waals surface area contributed by atoms with Gasteiger partial charge in [-0.3, -0.25) is 4.90 Å². The van der Waals surface area contributed by atoms with E-state index in [2.05, 4.69) is 18.7 Å². The number of piperidine rings is 1. The van der Waals surface area contributed by atoms with Crippen LogP contribution in [0, 0.1) is 11.8 Å². The van der Waals surface area contributed by atoms with Crippen molar-refractivity contribution in [1.82, 2.24) is 4.90 Å². The fourth-order valence-corrected chi connectivity index (χ4v) is 4.17. The number of fused-ring (bicyclic) bond motifs is 2. The fraction of sp³-hybridized carbons (Fsp3) is 1.00. The summed E-state index contributed by atoms with van der Waals surface area (Å²) in [4.78, 5) is 2.93. The third-order valence-corrected chi connectivity index (χ3v) is 5.27. The molecule has 0 spiro atoms. The first-order valence-corrected chi connectivity index (χ1v) is 7.03. The zero-order chi connectivity index (χ0) is 10.4. The first-order valence-electron chi connectivity index (χ1n) is 7.03. The van der Waals surface area contributed by atoms with E-state index >= 15 is 0 Å². The molecule has 0 amide bonds. The Balaban J connectivity index is 1.60. The van der Waals surface area contributed by atoms with Crippen LogP contribution in [0.2, 0.25) is 0 Å². The monoisotopic (exact) mass is 207 g/mol. The van der Waals surface area contributed by atoms with Crippen LogP contribution in [0.4, 0.5) is 0 Å². The second-order valence-electron chi connectivity index (χ2n) is 6.39. The average molecular weight is 207 g/mol. The van der Waals surface area contributed by atoms with Gasteiger partial charge < -0.3 is 0 Å². The van der Waals surface area contributed by atoms with Gasteiger partial charge >= 0.3 is 0 Å². The first-order chi connectivity index (χ1) is 7.25. The van der Waals surface area contributed by atoms with E-state index in [0.29, 0.717) is 0 Å². The summed E-state index contributed by atoms with van der Waals surface area (Å²) in [6.07, 6.45) is 10.5. The number of nitrogens with zero attached hydrogens (tertiary/aromatic N) is 1. The van der Waals surface area contributed by atoms with E-state index in [1.165, 1.54) is 44.9 Å². The minimum absolute atomic E-state index is 0.920. The zero-order valence-corrected chi connectivity index (χ0v) is 10.3. The van der Waals surface area contributed by atoms with Crippen LogP contribution in [0.1, 0.15) is 58.8 Å². The van der Waals surface area contributed by atoms with Crippen LogP contribution < -0.4 is 0 Å². The third-order valence-electron chi connectivity index (χ3n) is 5.27. The van der Waals surface area contributed by atoms with Gasteiger partial charge in [-0.1, -0.05) is 20.3 Å². The lowest BCUT2D eigenvalue weighted by Crippen LogP contribution is -2.53. The molecule has 0 radical (unpaired) electrons. The fourth-order valence-electron chi connectivity index (χ4n) is 4.17. The molecule has 86 valence electrons. The zero-order valence-electron chi connectivity index (χ0n) is 10.3. The Hall–Kier alpha value is -0.0400. The summed E-state index contributed by atoms with van der Waals surface area (Å²) < 4.78 is 0. The summed E-state index contributed by atoms with van der Waals surface area (Å²) in [5, 5.41) is 0. The van der Waals surface area contributed by atoms with Gasteiger partial charge in [-0.25, -0.2) is 0 Å². The predicted molar refractivity (Wildman–Crippen MR) is 63.9 cm³/mol. The lowest BCUT2D eigenvalue weighted by Gasteiger charge is -2.49. The van der Waals surface area contributed by atoms with E-state index in [9.17, 15) is 0 Å². The van der Waals surface area contributed by atoms with Crippen LogP contribution in [-0.4, -0.2) is 23.0 Å². The van der Waals surface area contributed by atoms with Gasteiger partial charge in [-0.15, -0.1) is 0 Å². The highest BCUT2D eigenvalue weighted by Gasteiger charge is 2.45. The lowest BCUT2D eigenvalue weighted by atomic mass is 9.72. The number of hydrogen-bond acceptors (Lipinski definition) is 1. The summed E-state index contributed by atoms with van der Waals surface area (Å²) in [6, 6.07) is 2.96. The number of rotatable bonds is 2. The molecule has 0 N–H and O–H groups in total. The van der Waals surface area contributed by atoms with E-state index in [-0.39, 0.29) is 0 Å². The second-order valence-corrected chi connectivity index (χ2v) is 6.39. The molecule has 2 heterocycles. The van der Waals surface area contributed by atoms with Gasteiger partial charge in [0, 0.05) is 18.1 Å². The van der Waals surface area contributed by atoms with E-state index in [1.807, 2.05) is 0 Å². The molecule has 3 aliphatic rings. The van der Waals surface area contributed by atoms with Gasteiger partial charge in [-0.2, -0.15) is 0 Å². The Bertz CT molecular complexity index is 213. The van der Waals surface area contributed by atoms with Crippen molar-refractivity contribution in [2.75, 3.05) is 0 Å². The highest BCUT2D eigenvalue weighted by atomic mass is 15.3. The molecule has 0 aromatic carbocycles. The molecule has 3 rings (SSSR count). The summed E-state index contributed by atoms with van der Waals surface area (Å²) in [5.41, 5.74) is 0. The van der Waals surface area contributed by atoms with Crippen molar-refractivity contribution in [3.8, 4) is 0 Å². The van der Waals surface area contributed by atoms with E-state index in [1.54, 1.807) is 0 Å². The van der Waals surface area contributed by atoms with Crippen LogP contribution in [-0.2, 0) is 0 Å². The molecular weight excluding hydrogens is 182 g/mol. The SMILES string of the molecule is CC(C)C1CC(N2C3CCCC2CC3)C1. The van der Waals surface area contributed by atoms with Gasteiger partial charge in [0.05, 0.1) is 0 Å². The Labute approximate surface area is 94.2 Å². The van der Waals surface area contributed by atoms with Crippen LogP contribution in [0.15, 0.2) is 0 Å².